The summed E-state index contributed by atoms with van der Waals surface area (Å²) in [6.45, 7) is 0. The summed E-state index contributed by atoms with van der Waals surface area (Å²) in [6, 6.07) is 7.87. The summed E-state index contributed by atoms with van der Waals surface area (Å²) < 4.78 is 23.7. The minimum Gasteiger partial charge on any atom is -0.324 e. The molecular weight excluding hydrogens is 302 g/mol. The molecule has 2 N–H and O–H groups in total. The van der Waals surface area contributed by atoms with Crippen LogP contribution in [0.2, 0.25) is 0 Å². The van der Waals surface area contributed by atoms with Gasteiger partial charge in [-0.2, -0.15) is 0 Å². The molecule has 5 heteroatoms. The number of nitrogens with two attached hydrogens (primary N) is 1. The lowest BCUT2D eigenvalue weighted by Gasteiger charge is -2.27. The number of hydrogen-bond donors (Lipinski definition) is 1. The molecule has 1 saturated heterocycles. The molecule has 0 spiro atoms. The van der Waals surface area contributed by atoms with Gasteiger partial charge in [0.15, 0.2) is 0 Å². The molecule has 0 bridgehead atoms. The summed E-state index contributed by atoms with van der Waals surface area (Å²) in [4.78, 5) is 0. The van der Waals surface area contributed by atoms with E-state index in [0.717, 1.165) is 10.0 Å². The highest BCUT2D eigenvalue weighted by Crippen LogP contribution is 2.30. The second-order valence-corrected chi connectivity index (χ2v) is 7.79. The van der Waals surface area contributed by atoms with Crippen LogP contribution in [0.5, 0.6) is 0 Å². The zero-order valence-corrected chi connectivity index (χ0v) is 11.9. The lowest BCUT2D eigenvalue weighted by atomic mass is 9.89. The van der Waals surface area contributed by atoms with Crippen LogP contribution in [-0.4, -0.2) is 19.9 Å². The van der Waals surface area contributed by atoms with Crippen LogP contribution in [0.4, 0.5) is 0 Å². The number of benzene rings is 1. The molecule has 3 nitrogen and oxygen atoms in total. The number of sulfone groups is 1. The summed E-state index contributed by atoms with van der Waals surface area (Å²) >= 11 is 3.39. The molecule has 1 aliphatic heterocycles. The molecule has 2 rings (SSSR count). The minimum absolute atomic E-state index is 0.0569. The van der Waals surface area contributed by atoms with Crippen LogP contribution in [0.15, 0.2) is 28.7 Å². The summed E-state index contributed by atoms with van der Waals surface area (Å²) in [6.07, 6.45) is 1.36. The third-order valence-electron chi connectivity index (χ3n) is 3.36. The van der Waals surface area contributed by atoms with Crippen molar-refractivity contribution in [3.8, 4) is 0 Å². The maximum absolute atomic E-state index is 11.4. The van der Waals surface area contributed by atoms with Crippen LogP contribution in [0.3, 0.4) is 0 Å². The molecule has 17 heavy (non-hydrogen) atoms. The molecule has 0 amide bonds. The highest BCUT2D eigenvalue weighted by Gasteiger charge is 2.28. The quantitative estimate of drug-likeness (QED) is 0.910. The monoisotopic (exact) mass is 317 g/mol. The van der Waals surface area contributed by atoms with Gasteiger partial charge in [-0.1, -0.05) is 28.1 Å². The molecule has 94 valence electrons. The van der Waals surface area contributed by atoms with Crippen molar-refractivity contribution in [2.75, 3.05) is 11.5 Å². The Labute approximate surface area is 110 Å². The van der Waals surface area contributed by atoms with E-state index >= 15 is 0 Å². The fraction of sp³-hybridized carbons (Fsp3) is 0.500. The third kappa shape index (κ3) is 3.30. The lowest BCUT2D eigenvalue weighted by molar-refractivity contribution is 0.392. The fourth-order valence-corrected chi connectivity index (χ4v) is 4.02. The van der Waals surface area contributed by atoms with Crippen molar-refractivity contribution in [1.82, 2.24) is 0 Å². The Kier molecular flexibility index (Phi) is 3.90. The van der Waals surface area contributed by atoms with Gasteiger partial charge >= 0.3 is 0 Å². The zero-order chi connectivity index (χ0) is 12.5. The van der Waals surface area contributed by atoms with Crippen molar-refractivity contribution in [2.24, 2.45) is 11.7 Å². The molecule has 0 radical (unpaired) electrons. The molecule has 1 atom stereocenters. The van der Waals surface area contributed by atoms with E-state index in [9.17, 15) is 8.42 Å². The van der Waals surface area contributed by atoms with Gasteiger partial charge in [-0.05, 0) is 36.5 Å². The van der Waals surface area contributed by atoms with Gasteiger partial charge in [-0.15, -0.1) is 0 Å². The summed E-state index contributed by atoms with van der Waals surface area (Å²) in [5.74, 6) is 0.837. The maximum Gasteiger partial charge on any atom is 0.150 e. The van der Waals surface area contributed by atoms with Crippen LogP contribution in [0.25, 0.3) is 0 Å². The third-order valence-corrected chi connectivity index (χ3v) is 5.61. The van der Waals surface area contributed by atoms with Crippen LogP contribution in [0.1, 0.15) is 24.4 Å². The van der Waals surface area contributed by atoms with Crippen molar-refractivity contribution in [3.63, 3.8) is 0 Å². The molecular formula is C12H16BrNO2S. The molecule has 1 heterocycles. The summed E-state index contributed by atoms with van der Waals surface area (Å²) in [7, 11) is -2.80. The van der Waals surface area contributed by atoms with Crippen LogP contribution in [0, 0.1) is 5.92 Å². The molecule has 1 aliphatic rings. The van der Waals surface area contributed by atoms with E-state index in [-0.39, 0.29) is 23.5 Å². The van der Waals surface area contributed by atoms with Crippen molar-refractivity contribution in [2.45, 2.75) is 18.9 Å². The molecule has 1 aromatic rings. The predicted molar refractivity (Wildman–Crippen MR) is 72.4 cm³/mol. The normalized spacial score (nSPS) is 22.2. The predicted octanol–water partition coefficient (Wildman–Crippen LogP) is 2.27. The van der Waals surface area contributed by atoms with Gasteiger partial charge in [0.2, 0.25) is 0 Å². The van der Waals surface area contributed by atoms with E-state index in [1.165, 1.54) is 0 Å². The average molecular weight is 318 g/mol. The first kappa shape index (κ1) is 13.1. The van der Waals surface area contributed by atoms with E-state index in [4.69, 9.17) is 5.73 Å². The molecule has 0 aromatic heterocycles. The Morgan fingerprint density at radius 3 is 2.24 bits per heavy atom. The van der Waals surface area contributed by atoms with Crippen molar-refractivity contribution in [1.29, 1.82) is 0 Å². The van der Waals surface area contributed by atoms with Gasteiger partial charge in [0.1, 0.15) is 9.84 Å². The van der Waals surface area contributed by atoms with E-state index < -0.39 is 9.84 Å². The Hall–Kier alpha value is -0.390. The smallest absolute Gasteiger partial charge is 0.150 e. The maximum atomic E-state index is 11.4. The van der Waals surface area contributed by atoms with E-state index in [0.29, 0.717) is 12.8 Å². The molecule has 1 aromatic carbocycles. The van der Waals surface area contributed by atoms with Crippen molar-refractivity contribution >= 4 is 25.8 Å². The zero-order valence-electron chi connectivity index (χ0n) is 9.47. The second-order valence-electron chi connectivity index (χ2n) is 4.57. The number of rotatable bonds is 2. The topological polar surface area (TPSA) is 60.2 Å². The Morgan fingerprint density at radius 2 is 1.71 bits per heavy atom. The summed E-state index contributed by atoms with van der Waals surface area (Å²) in [5.41, 5.74) is 7.28. The highest BCUT2D eigenvalue weighted by atomic mass is 79.9. The Balaban J connectivity index is 2.06. The van der Waals surface area contributed by atoms with Crippen LogP contribution in [-0.2, 0) is 9.84 Å². The van der Waals surface area contributed by atoms with Crippen molar-refractivity contribution < 1.29 is 8.42 Å². The van der Waals surface area contributed by atoms with Gasteiger partial charge in [-0.3, -0.25) is 0 Å². The van der Waals surface area contributed by atoms with Crippen molar-refractivity contribution in [3.05, 3.63) is 34.3 Å². The first-order valence-electron chi connectivity index (χ1n) is 5.69. The molecule has 0 saturated carbocycles. The van der Waals surface area contributed by atoms with Crippen LogP contribution < -0.4 is 5.73 Å². The fourth-order valence-electron chi connectivity index (χ4n) is 2.22. The SMILES string of the molecule is NC(c1ccc(Br)cc1)C1CCS(=O)(=O)CC1. The largest absolute Gasteiger partial charge is 0.324 e. The minimum atomic E-state index is -2.80. The van der Waals surface area contributed by atoms with Gasteiger partial charge in [0.05, 0.1) is 11.5 Å². The Bertz CT molecular complexity index is 470. The first-order valence-corrected chi connectivity index (χ1v) is 8.31. The highest BCUT2D eigenvalue weighted by molar-refractivity contribution is 9.10. The second kappa shape index (κ2) is 5.08. The number of halogens is 1. The van der Waals surface area contributed by atoms with Gasteiger partial charge in [-0.25, -0.2) is 8.42 Å². The van der Waals surface area contributed by atoms with Crippen LogP contribution >= 0.6 is 15.9 Å². The molecule has 0 aliphatic carbocycles. The molecule has 1 unspecified atom stereocenters. The number of hydrogen-bond acceptors (Lipinski definition) is 3. The first-order chi connectivity index (χ1) is 7.98. The van der Waals surface area contributed by atoms with E-state index in [1.807, 2.05) is 24.3 Å². The van der Waals surface area contributed by atoms with Gasteiger partial charge < -0.3 is 5.73 Å². The lowest BCUT2D eigenvalue weighted by Crippen LogP contribution is -2.30. The van der Waals surface area contributed by atoms with E-state index in [2.05, 4.69) is 15.9 Å². The van der Waals surface area contributed by atoms with Gasteiger partial charge in [0.25, 0.3) is 0 Å². The Morgan fingerprint density at radius 1 is 1.18 bits per heavy atom. The summed E-state index contributed by atoms with van der Waals surface area (Å²) in [5, 5.41) is 0. The average Bonchev–Trinajstić information content (AvgIpc) is 2.29. The van der Waals surface area contributed by atoms with Gasteiger partial charge in [0, 0.05) is 10.5 Å². The standard InChI is InChI=1S/C12H16BrNO2S/c13-11-3-1-9(2-4-11)12(14)10-5-7-17(15,16)8-6-10/h1-4,10,12H,5-8,14H2. The van der Waals surface area contributed by atoms with E-state index in [1.54, 1.807) is 0 Å². The molecule has 1 fully saturated rings.